The van der Waals surface area contributed by atoms with E-state index in [1.54, 1.807) is 13.8 Å². The van der Waals surface area contributed by atoms with Gasteiger partial charge in [-0.3, -0.25) is 5.32 Å². The van der Waals surface area contributed by atoms with E-state index in [1.165, 1.54) is 0 Å². The molecule has 0 spiro atoms. The second-order valence-corrected chi connectivity index (χ2v) is 3.39. The summed E-state index contributed by atoms with van der Waals surface area (Å²) in [6, 6.07) is 5.14. The van der Waals surface area contributed by atoms with Crippen molar-refractivity contribution in [2.24, 2.45) is 0 Å². The molecule has 2 N–H and O–H groups in total. The fraction of sp³-hybridized carbons (Fsp3) is 0.412. The average Bonchev–Trinajstić information content (AvgIpc) is 2.54. The van der Waals surface area contributed by atoms with E-state index in [1.807, 2.05) is 13.8 Å². The number of rotatable bonds is 4. The zero-order chi connectivity index (χ0) is 16.5. The van der Waals surface area contributed by atoms with E-state index in [4.69, 9.17) is 14.3 Å². The molecule has 0 aliphatic carbocycles. The van der Waals surface area contributed by atoms with Crippen molar-refractivity contribution >= 4 is 0 Å². The highest BCUT2D eigenvalue weighted by molar-refractivity contribution is 5.14. The van der Waals surface area contributed by atoms with Crippen molar-refractivity contribution in [1.29, 1.82) is 0 Å². The Balaban J connectivity index is 5.15. The van der Waals surface area contributed by atoms with Crippen molar-refractivity contribution in [3.05, 3.63) is 0 Å². The van der Waals surface area contributed by atoms with Crippen molar-refractivity contribution in [1.82, 2.24) is 10.8 Å². The maximum atomic E-state index is 5.29. The van der Waals surface area contributed by atoms with Gasteiger partial charge in [-0.25, -0.2) is 0 Å². The molecule has 0 saturated carbocycles. The first-order valence-electron chi connectivity index (χ1n) is 6.60. The first-order valence-corrected chi connectivity index (χ1v) is 6.60. The fourth-order valence-electron chi connectivity index (χ4n) is 0.870. The van der Waals surface area contributed by atoms with Crippen LogP contribution in [0.2, 0.25) is 0 Å². The van der Waals surface area contributed by atoms with E-state index in [9.17, 15) is 0 Å². The minimum absolute atomic E-state index is 0.618. The molecule has 1 atom stereocenters. The molecule has 0 fully saturated rings. The van der Waals surface area contributed by atoms with E-state index in [-0.39, 0.29) is 0 Å². The van der Waals surface area contributed by atoms with Crippen molar-refractivity contribution in [2.45, 2.75) is 46.4 Å². The molecule has 0 aromatic heterocycles. The number of hydrogen-bond donors (Lipinski definition) is 2. The quantitative estimate of drug-likeness (QED) is 0.270. The van der Waals surface area contributed by atoms with Crippen LogP contribution in [-0.4, -0.2) is 5.91 Å². The second-order valence-electron chi connectivity index (χ2n) is 3.39. The molecule has 5 heteroatoms. The van der Waals surface area contributed by atoms with Crippen LogP contribution in [0.25, 0.3) is 0 Å². The Hall–Kier alpha value is -3.20. The van der Waals surface area contributed by atoms with Gasteiger partial charge < -0.3 is 14.3 Å². The Morgan fingerprint density at radius 3 is 2.23 bits per heavy atom. The molecule has 0 aromatic carbocycles. The van der Waals surface area contributed by atoms with Gasteiger partial charge in [0.05, 0.1) is 5.92 Å². The highest BCUT2D eigenvalue weighted by Gasteiger charge is 2.32. The molecular weight excluding hydrogens is 280 g/mol. The Bertz CT molecular complexity index is 606. The minimum atomic E-state index is -1.64. The van der Waals surface area contributed by atoms with Crippen molar-refractivity contribution < 1.29 is 14.3 Å². The maximum Gasteiger partial charge on any atom is 0.432 e. The van der Waals surface area contributed by atoms with Crippen LogP contribution in [-0.2, 0) is 14.3 Å². The summed E-state index contributed by atoms with van der Waals surface area (Å²) >= 11 is 0. The summed E-state index contributed by atoms with van der Waals surface area (Å²) in [5, 5.41) is 2.65. The lowest BCUT2D eigenvalue weighted by Crippen LogP contribution is -2.45. The summed E-state index contributed by atoms with van der Waals surface area (Å²) in [5.41, 5.74) is 2.36. The van der Waals surface area contributed by atoms with Crippen molar-refractivity contribution in [3.63, 3.8) is 0 Å². The van der Waals surface area contributed by atoms with Gasteiger partial charge in [0, 0.05) is 31.9 Å². The van der Waals surface area contributed by atoms with E-state index >= 15 is 0 Å². The van der Waals surface area contributed by atoms with Crippen LogP contribution in [0.3, 0.4) is 0 Å². The number of nitrogens with one attached hydrogen (secondary N) is 2. The molecule has 5 nitrogen and oxygen atoms in total. The standard InChI is InChI=1S/C17H18N2O3/c1-5-9-13-19-22-16-11-17(18-12-7-3,20-14-8-4)21-15-10-6-2/h18-19H,5-6H2,1-4H3. The van der Waals surface area contributed by atoms with Crippen LogP contribution < -0.4 is 10.8 Å². The molecule has 0 rings (SSSR count). The molecule has 0 saturated heterocycles. The van der Waals surface area contributed by atoms with Gasteiger partial charge in [-0.1, -0.05) is 37.5 Å². The lowest BCUT2D eigenvalue weighted by molar-refractivity contribution is -0.120. The van der Waals surface area contributed by atoms with Gasteiger partial charge in [0.25, 0.3) is 0 Å². The zero-order valence-electron chi connectivity index (χ0n) is 13.1. The Kier molecular flexibility index (Phi) is 11.0. The van der Waals surface area contributed by atoms with E-state index in [2.05, 4.69) is 70.8 Å². The summed E-state index contributed by atoms with van der Waals surface area (Å²) in [4.78, 5) is 4.83. The average molecular weight is 298 g/mol. The first-order chi connectivity index (χ1) is 10.7. The molecule has 0 amide bonds. The maximum absolute atomic E-state index is 5.29. The predicted molar refractivity (Wildman–Crippen MR) is 83.1 cm³/mol. The Morgan fingerprint density at radius 1 is 0.864 bits per heavy atom. The summed E-state index contributed by atoms with van der Waals surface area (Å²) in [5.74, 6) is 11.6. The van der Waals surface area contributed by atoms with Crippen LogP contribution in [0.4, 0.5) is 0 Å². The number of hydroxylamine groups is 1. The normalized spacial score (nSPS) is 9.64. The monoisotopic (exact) mass is 298 g/mol. The topological polar surface area (TPSA) is 51.8 Å². The molecular formula is C17H18N2O3. The molecule has 22 heavy (non-hydrogen) atoms. The number of hydrogen-bond acceptors (Lipinski definition) is 5. The van der Waals surface area contributed by atoms with Crippen molar-refractivity contribution in [2.75, 3.05) is 0 Å². The summed E-state index contributed by atoms with van der Waals surface area (Å²) in [6.45, 7) is 7.05. The highest BCUT2D eigenvalue weighted by Crippen LogP contribution is 2.07. The first kappa shape index (κ1) is 18.8. The molecule has 0 radical (unpaired) electrons. The third-order valence-electron chi connectivity index (χ3n) is 1.73. The largest absolute Gasteiger partial charge is 0.432 e. The molecule has 0 aromatic rings. The number of ether oxygens (including phenoxy) is 2. The Labute approximate surface area is 132 Å². The van der Waals surface area contributed by atoms with Crippen molar-refractivity contribution in [3.8, 4) is 60.0 Å². The van der Waals surface area contributed by atoms with Gasteiger partial charge in [0.15, 0.2) is 6.11 Å². The molecule has 114 valence electrons. The summed E-state index contributed by atoms with van der Waals surface area (Å²) < 4.78 is 10.5. The third kappa shape index (κ3) is 8.82. The molecule has 0 aliphatic rings. The minimum Gasteiger partial charge on any atom is -0.371 e. The smallest absolute Gasteiger partial charge is 0.371 e. The zero-order valence-corrected chi connectivity index (χ0v) is 13.1. The predicted octanol–water partition coefficient (Wildman–Crippen LogP) is 1.45. The van der Waals surface area contributed by atoms with E-state index in [0.29, 0.717) is 12.8 Å². The van der Waals surface area contributed by atoms with Gasteiger partial charge in [-0.2, -0.15) is 5.48 Å². The summed E-state index contributed by atoms with van der Waals surface area (Å²) in [7, 11) is 0. The van der Waals surface area contributed by atoms with E-state index in [0.717, 1.165) is 0 Å². The third-order valence-corrected chi connectivity index (χ3v) is 1.73. The molecule has 0 heterocycles. The van der Waals surface area contributed by atoms with Gasteiger partial charge in [-0.15, -0.1) is 0 Å². The lowest BCUT2D eigenvalue weighted by atomic mass is 10.4. The van der Waals surface area contributed by atoms with Crippen LogP contribution in [0.5, 0.6) is 0 Å². The Morgan fingerprint density at radius 2 is 1.59 bits per heavy atom. The lowest BCUT2D eigenvalue weighted by Gasteiger charge is -2.21. The van der Waals surface area contributed by atoms with Gasteiger partial charge in [0.1, 0.15) is 12.2 Å². The van der Waals surface area contributed by atoms with Crippen LogP contribution >= 0.6 is 0 Å². The highest BCUT2D eigenvalue weighted by atomic mass is 16.7. The van der Waals surface area contributed by atoms with Crippen LogP contribution in [0.15, 0.2) is 0 Å². The molecule has 1 unspecified atom stereocenters. The fourth-order valence-corrected chi connectivity index (χ4v) is 0.870. The van der Waals surface area contributed by atoms with Crippen LogP contribution in [0, 0.1) is 60.0 Å². The van der Waals surface area contributed by atoms with Gasteiger partial charge >= 0.3 is 5.91 Å². The van der Waals surface area contributed by atoms with Gasteiger partial charge in [-0.05, 0) is 6.92 Å². The molecule has 0 bridgehead atoms. The van der Waals surface area contributed by atoms with Gasteiger partial charge in [0.2, 0.25) is 0 Å². The van der Waals surface area contributed by atoms with E-state index < -0.39 is 5.91 Å². The molecule has 0 aliphatic heterocycles. The SMILES string of the molecule is CC#CNC(C#CONC#CCC)(OC#CC)OC#CCC. The van der Waals surface area contributed by atoms with Crippen LogP contribution in [0.1, 0.15) is 40.5 Å². The second kappa shape index (κ2) is 12.8. The summed E-state index contributed by atoms with van der Waals surface area (Å²) in [6.07, 6.45) is 8.55.